The van der Waals surface area contributed by atoms with Crippen LogP contribution in [0.5, 0.6) is 0 Å². The molecule has 2 nitrogen and oxygen atoms in total. The maximum absolute atomic E-state index is 12.3. The van der Waals surface area contributed by atoms with Crippen LogP contribution >= 0.6 is 0 Å². The van der Waals surface area contributed by atoms with Gasteiger partial charge in [0.05, 0.1) is 6.54 Å². The number of hydrogen-bond donors (Lipinski definition) is 1. The minimum Gasteiger partial charge on any atom is -0.330 e. The van der Waals surface area contributed by atoms with E-state index in [2.05, 4.69) is 0 Å². The molecule has 0 aliphatic carbocycles. The number of rotatable bonds is 6. The van der Waals surface area contributed by atoms with E-state index in [4.69, 9.17) is 5.73 Å². The highest BCUT2D eigenvalue weighted by Gasteiger charge is 2.32. The molecular formula is C11H23F3N2. The van der Waals surface area contributed by atoms with Crippen molar-refractivity contribution >= 4 is 0 Å². The summed E-state index contributed by atoms with van der Waals surface area (Å²) in [7, 11) is 0. The zero-order chi connectivity index (χ0) is 13.0. The first-order valence-electron chi connectivity index (χ1n) is 5.58. The Morgan fingerprint density at radius 2 is 1.69 bits per heavy atom. The topological polar surface area (TPSA) is 29.3 Å². The number of alkyl halides is 3. The Bertz CT molecular complexity index is 200. The van der Waals surface area contributed by atoms with E-state index in [1.165, 1.54) is 4.90 Å². The second-order valence-corrected chi connectivity index (χ2v) is 5.30. The van der Waals surface area contributed by atoms with Gasteiger partial charge >= 0.3 is 6.18 Å². The van der Waals surface area contributed by atoms with E-state index in [9.17, 15) is 13.2 Å². The van der Waals surface area contributed by atoms with Gasteiger partial charge in [-0.15, -0.1) is 0 Å². The van der Waals surface area contributed by atoms with E-state index in [1.807, 2.05) is 13.8 Å². The predicted molar refractivity (Wildman–Crippen MR) is 60.2 cm³/mol. The van der Waals surface area contributed by atoms with Gasteiger partial charge in [-0.1, -0.05) is 13.8 Å². The molecule has 0 heterocycles. The largest absolute Gasteiger partial charge is 0.401 e. The maximum atomic E-state index is 12.3. The molecule has 0 spiro atoms. The van der Waals surface area contributed by atoms with Crippen molar-refractivity contribution in [2.75, 3.05) is 19.6 Å². The maximum Gasteiger partial charge on any atom is 0.401 e. The molecule has 0 fully saturated rings. The second kappa shape index (κ2) is 5.87. The molecular weight excluding hydrogens is 217 g/mol. The van der Waals surface area contributed by atoms with Crippen LogP contribution in [0.2, 0.25) is 0 Å². The summed E-state index contributed by atoms with van der Waals surface area (Å²) in [5, 5.41) is 0. The SMILES string of the molecule is CC(C)N(CCC(C)(C)CN)CC(F)(F)F. The summed E-state index contributed by atoms with van der Waals surface area (Å²) < 4.78 is 36.9. The first-order valence-corrected chi connectivity index (χ1v) is 5.58. The summed E-state index contributed by atoms with van der Waals surface area (Å²) in [4.78, 5) is 1.44. The first kappa shape index (κ1) is 15.7. The molecule has 0 aromatic heterocycles. The third kappa shape index (κ3) is 7.06. The highest BCUT2D eigenvalue weighted by Crippen LogP contribution is 2.22. The third-order valence-electron chi connectivity index (χ3n) is 2.74. The third-order valence-corrected chi connectivity index (χ3v) is 2.74. The van der Waals surface area contributed by atoms with Gasteiger partial charge in [0.2, 0.25) is 0 Å². The molecule has 5 heteroatoms. The lowest BCUT2D eigenvalue weighted by atomic mass is 9.89. The zero-order valence-corrected chi connectivity index (χ0v) is 10.6. The molecule has 0 radical (unpaired) electrons. The second-order valence-electron chi connectivity index (χ2n) is 5.30. The van der Waals surface area contributed by atoms with Crippen molar-refractivity contribution < 1.29 is 13.2 Å². The lowest BCUT2D eigenvalue weighted by molar-refractivity contribution is -0.150. The Labute approximate surface area is 96.0 Å². The minimum atomic E-state index is -4.13. The van der Waals surface area contributed by atoms with Gasteiger partial charge in [0.15, 0.2) is 0 Å². The molecule has 0 unspecified atom stereocenters. The predicted octanol–water partition coefficient (Wildman–Crippen LogP) is 2.63. The monoisotopic (exact) mass is 240 g/mol. The fraction of sp³-hybridized carbons (Fsp3) is 1.00. The Hall–Kier alpha value is -0.290. The van der Waals surface area contributed by atoms with Crippen LogP contribution in [-0.4, -0.2) is 36.8 Å². The molecule has 0 saturated carbocycles. The molecule has 0 saturated heterocycles. The van der Waals surface area contributed by atoms with E-state index >= 15 is 0 Å². The van der Waals surface area contributed by atoms with Crippen molar-refractivity contribution in [1.29, 1.82) is 0 Å². The van der Waals surface area contributed by atoms with Gasteiger partial charge in [0.1, 0.15) is 0 Å². The summed E-state index contributed by atoms with van der Waals surface area (Å²) >= 11 is 0. The Morgan fingerprint density at radius 1 is 1.19 bits per heavy atom. The quantitative estimate of drug-likeness (QED) is 0.773. The smallest absolute Gasteiger partial charge is 0.330 e. The van der Waals surface area contributed by atoms with Gasteiger partial charge in [0.25, 0.3) is 0 Å². The summed E-state index contributed by atoms with van der Waals surface area (Å²) in [5.41, 5.74) is 5.46. The molecule has 0 bridgehead atoms. The van der Waals surface area contributed by atoms with Crippen molar-refractivity contribution in [2.24, 2.45) is 11.1 Å². The van der Waals surface area contributed by atoms with E-state index in [0.29, 0.717) is 19.5 Å². The summed E-state index contributed by atoms with van der Waals surface area (Å²) in [6.07, 6.45) is -3.45. The normalized spacial score (nSPS) is 13.9. The van der Waals surface area contributed by atoms with Gasteiger partial charge in [-0.05, 0) is 38.8 Å². The molecule has 0 atom stereocenters. The average Bonchev–Trinajstić information content (AvgIpc) is 2.10. The van der Waals surface area contributed by atoms with Crippen LogP contribution in [0.3, 0.4) is 0 Å². The molecule has 0 aliphatic heterocycles. The van der Waals surface area contributed by atoms with Crippen LogP contribution in [0, 0.1) is 5.41 Å². The van der Waals surface area contributed by atoms with Gasteiger partial charge in [-0.3, -0.25) is 4.90 Å². The van der Waals surface area contributed by atoms with Crippen molar-refractivity contribution in [1.82, 2.24) is 4.90 Å². The van der Waals surface area contributed by atoms with E-state index in [0.717, 1.165) is 0 Å². The lowest BCUT2D eigenvalue weighted by Crippen LogP contribution is -2.41. The van der Waals surface area contributed by atoms with Gasteiger partial charge < -0.3 is 5.73 Å². The van der Waals surface area contributed by atoms with Crippen LogP contribution in [0.4, 0.5) is 13.2 Å². The van der Waals surface area contributed by atoms with Crippen molar-refractivity contribution in [3.05, 3.63) is 0 Å². The molecule has 0 amide bonds. The number of nitrogens with two attached hydrogens (primary N) is 1. The Morgan fingerprint density at radius 3 is 2.00 bits per heavy atom. The zero-order valence-electron chi connectivity index (χ0n) is 10.6. The Kier molecular flexibility index (Phi) is 5.76. The van der Waals surface area contributed by atoms with Crippen molar-refractivity contribution in [2.45, 2.75) is 46.3 Å². The van der Waals surface area contributed by atoms with E-state index < -0.39 is 12.7 Å². The summed E-state index contributed by atoms with van der Waals surface area (Å²) in [5.74, 6) is 0. The van der Waals surface area contributed by atoms with Gasteiger partial charge in [-0.25, -0.2) is 0 Å². The van der Waals surface area contributed by atoms with Crippen LogP contribution in [0.1, 0.15) is 34.1 Å². The van der Waals surface area contributed by atoms with Crippen LogP contribution < -0.4 is 5.73 Å². The molecule has 0 rings (SSSR count). The lowest BCUT2D eigenvalue weighted by Gasteiger charge is -2.31. The van der Waals surface area contributed by atoms with Gasteiger partial charge in [-0.2, -0.15) is 13.2 Å². The van der Waals surface area contributed by atoms with Crippen LogP contribution in [-0.2, 0) is 0 Å². The highest BCUT2D eigenvalue weighted by atomic mass is 19.4. The average molecular weight is 240 g/mol. The summed E-state index contributed by atoms with van der Waals surface area (Å²) in [6, 6.07) is -0.102. The minimum absolute atomic E-state index is 0.0985. The summed E-state index contributed by atoms with van der Waals surface area (Å²) in [6.45, 7) is 7.58. The van der Waals surface area contributed by atoms with Gasteiger partial charge in [0, 0.05) is 6.04 Å². The molecule has 0 aromatic carbocycles. The van der Waals surface area contributed by atoms with E-state index in [-0.39, 0.29) is 11.5 Å². The number of nitrogens with zero attached hydrogens (tertiary/aromatic N) is 1. The van der Waals surface area contributed by atoms with Crippen LogP contribution in [0.25, 0.3) is 0 Å². The standard InChI is InChI=1S/C11H23F3N2/c1-9(2)16(8-11(12,13)14)6-5-10(3,4)7-15/h9H,5-8,15H2,1-4H3. The van der Waals surface area contributed by atoms with Crippen LogP contribution in [0.15, 0.2) is 0 Å². The Balaban J connectivity index is 4.26. The molecule has 98 valence electrons. The number of hydrogen-bond acceptors (Lipinski definition) is 2. The fourth-order valence-corrected chi connectivity index (χ4v) is 1.30. The molecule has 16 heavy (non-hydrogen) atoms. The molecule has 0 aliphatic rings. The molecule has 0 aromatic rings. The molecule has 2 N–H and O–H groups in total. The fourth-order valence-electron chi connectivity index (χ4n) is 1.30. The van der Waals surface area contributed by atoms with Crippen molar-refractivity contribution in [3.63, 3.8) is 0 Å². The van der Waals surface area contributed by atoms with Crippen molar-refractivity contribution in [3.8, 4) is 0 Å². The van der Waals surface area contributed by atoms with E-state index in [1.54, 1.807) is 13.8 Å². The first-order chi connectivity index (χ1) is 7.07. The number of halogens is 3. The highest BCUT2D eigenvalue weighted by molar-refractivity contribution is 4.74.